The number of piperidine rings is 1. The number of carbonyl (C=O) groups excluding carboxylic acids is 2. The number of hydrogen-bond donors (Lipinski definition) is 0. The van der Waals surface area contributed by atoms with Crippen LogP contribution in [0.4, 0.5) is 0 Å². The molecule has 2 amide bonds. The maximum absolute atomic E-state index is 12.7. The second kappa shape index (κ2) is 9.88. The number of carbonyl (C=O) groups is 2. The highest BCUT2D eigenvalue weighted by Crippen LogP contribution is 2.22. The van der Waals surface area contributed by atoms with Crippen LogP contribution in [0, 0.1) is 31.1 Å². The summed E-state index contributed by atoms with van der Waals surface area (Å²) in [5, 5.41) is 13.3. The molecule has 1 aromatic heterocycles. The van der Waals surface area contributed by atoms with Crippen LogP contribution in [-0.2, 0) is 27.3 Å². The third kappa shape index (κ3) is 5.15. The maximum atomic E-state index is 12.7. The molecular formula is C21H31N5O3. The van der Waals surface area contributed by atoms with Crippen LogP contribution in [0.5, 0.6) is 0 Å². The van der Waals surface area contributed by atoms with Crippen LogP contribution < -0.4 is 0 Å². The Hall–Kier alpha value is -2.40. The highest BCUT2D eigenvalue weighted by Gasteiger charge is 2.30. The quantitative estimate of drug-likeness (QED) is 0.719. The van der Waals surface area contributed by atoms with Gasteiger partial charge in [-0.2, -0.15) is 10.4 Å². The van der Waals surface area contributed by atoms with Crippen molar-refractivity contribution < 1.29 is 14.3 Å². The second-order valence-corrected chi connectivity index (χ2v) is 7.87. The van der Waals surface area contributed by atoms with Gasteiger partial charge in [0, 0.05) is 44.2 Å². The van der Waals surface area contributed by atoms with Gasteiger partial charge in [0.1, 0.15) is 0 Å². The summed E-state index contributed by atoms with van der Waals surface area (Å²) in [5.74, 6) is 0.391. The van der Waals surface area contributed by atoms with Gasteiger partial charge in [0.25, 0.3) is 0 Å². The first kappa shape index (κ1) is 21.3. The molecule has 0 radical (unpaired) electrons. The molecule has 3 rings (SSSR count). The van der Waals surface area contributed by atoms with E-state index in [1.165, 1.54) is 0 Å². The Labute approximate surface area is 172 Å². The molecule has 0 bridgehead atoms. The molecule has 0 N–H and O–H groups in total. The highest BCUT2D eigenvalue weighted by atomic mass is 16.5. The number of ether oxygens (including phenoxy) is 1. The van der Waals surface area contributed by atoms with E-state index in [4.69, 9.17) is 10.00 Å². The summed E-state index contributed by atoms with van der Waals surface area (Å²) in [6, 6.07) is 2.14. The van der Waals surface area contributed by atoms with E-state index in [1.807, 2.05) is 28.3 Å². The first-order valence-corrected chi connectivity index (χ1v) is 10.6. The number of nitrogens with zero attached hydrogens (tertiary/aromatic N) is 5. The van der Waals surface area contributed by atoms with Crippen molar-refractivity contribution in [3.8, 4) is 6.07 Å². The Balaban J connectivity index is 1.47. The average molecular weight is 402 g/mol. The largest absolute Gasteiger partial charge is 0.378 e. The van der Waals surface area contributed by atoms with Crippen LogP contribution in [0.15, 0.2) is 0 Å². The third-order valence-corrected chi connectivity index (χ3v) is 6.08. The molecule has 158 valence electrons. The number of morpholine rings is 1. The van der Waals surface area contributed by atoms with Gasteiger partial charge < -0.3 is 14.5 Å². The number of hydrogen-bond acceptors (Lipinski definition) is 5. The van der Waals surface area contributed by atoms with Gasteiger partial charge in [-0.15, -0.1) is 0 Å². The summed E-state index contributed by atoms with van der Waals surface area (Å²) < 4.78 is 7.18. The predicted octanol–water partition coefficient (Wildman–Crippen LogP) is 1.44. The first-order valence-electron chi connectivity index (χ1n) is 10.6. The third-order valence-electron chi connectivity index (χ3n) is 6.08. The Kier molecular flexibility index (Phi) is 7.26. The molecule has 8 heteroatoms. The van der Waals surface area contributed by atoms with Gasteiger partial charge in [-0.1, -0.05) is 0 Å². The van der Waals surface area contributed by atoms with Crippen LogP contribution in [0.2, 0.25) is 0 Å². The molecule has 1 aromatic rings. The summed E-state index contributed by atoms with van der Waals surface area (Å²) in [5.41, 5.74) is 3.08. The second-order valence-electron chi connectivity index (χ2n) is 7.87. The van der Waals surface area contributed by atoms with Crippen molar-refractivity contribution in [3.63, 3.8) is 0 Å². The molecule has 0 aliphatic carbocycles. The maximum Gasteiger partial charge on any atom is 0.225 e. The first-order chi connectivity index (χ1) is 14.0. The molecular weight excluding hydrogens is 370 g/mol. The smallest absolute Gasteiger partial charge is 0.225 e. The summed E-state index contributed by atoms with van der Waals surface area (Å²) in [7, 11) is 0. The van der Waals surface area contributed by atoms with Gasteiger partial charge in [0.15, 0.2) is 0 Å². The average Bonchev–Trinajstić information content (AvgIpc) is 3.03. The molecule has 0 aromatic carbocycles. The monoisotopic (exact) mass is 401 g/mol. The van der Waals surface area contributed by atoms with E-state index in [0.717, 1.165) is 29.8 Å². The van der Waals surface area contributed by atoms with Gasteiger partial charge in [-0.25, -0.2) is 0 Å². The zero-order valence-electron chi connectivity index (χ0n) is 17.5. The van der Waals surface area contributed by atoms with E-state index in [-0.39, 0.29) is 17.7 Å². The van der Waals surface area contributed by atoms with Crippen molar-refractivity contribution in [2.75, 3.05) is 39.4 Å². The number of aryl methyl sites for hydroxylation is 2. The van der Waals surface area contributed by atoms with Crippen molar-refractivity contribution in [1.29, 1.82) is 5.26 Å². The zero-order valence-corrected chi connectivity index (χ0v) is 17.5. The minimum Gasteiger partial charge on any atom is -0.378 e. The lowest BCUT2D eigenvalue weighted by Crippen LogP contribution is -2.47. The number of rotatable bonds is 6. The van der Waals surface area contributed by atoms with Crippen LogP contribution in [0.25, 0.3) is 0 Å². The Morgan fingerprint density at radius 3 is 2.48 bits per heavy atom. The van der Waals surface area contributed by atoms with Gasteiger partial charge in [-0.3, -0.25) is 14.3 Å². The Morgan fingerprint density at radius 1 is 1.14 bits per heavy atom. The minimum atomic E-state index is 0.0278. The number of aromatic nitrogens is 2. The van der Waals surface area contributed by atoms with E-state index in [0.29, 0.717) is 65.2 Å². The minimum absolute atomic E-state index is 0.0278. The summed E-state index contributed by atoms with van der Waals surface area (Å²) in [4.78, 5) is 29.1. The Morgan fingerprint density at radius 2 is 1.83 bits per heavy atom. The van der Waals surface area contributed by atoms with E-state index < -0.39 is 0 Å². The molecule has 3 heterocycles. The van der Waals surface area contributed by atoms with E-state index in [2.05, 4.69) is 11.2 Å². The fourth-order valence-corrected chi connectivity index (χ4v) is 4.28. The molecule has 0 atom stereocenters. The molecule has 2 saturated heterocycles. The van der Waals surface area contributed by atoms with Crippen LogP contribution in [0.3, 0.4) is 0 Å². The normalized spacial score (nSPS) is 18.0. The van der Waals surface area contributed by atoms with Crippen molar-refractivity contribution in [2.45, 2.75) is 52.5 Å². The fourth-order valence-electron chi connectivity index (χ4n) is 4.28. The SMILES string of the molecule is Cc1nn(CCC#N)c(C)c1CCC(=O)N1CCC(C(=O)N2CCOCC2)CC1. The molecule has 29 heavy (non-hydrogen) atoms. The molecule has 2 aliphatic heterocycles. The highest BCUT2D eigenvalue weighted by molar-refractivity contribution is 5.80. The molecule has 0 saturated carbocycles. The molecule has 0 spiro atoms. The Bertz CT molecular complexity index is 768. The summed E-state index contributed by atoms with van der Waals surface area (Å²) in [6.45, 7) is 8.44. The zero-order chi connectivity index (χ0) is 20.8. The van der Waals surface area contributed by atoms with Crippen LogP contribution >= 0.6 is 0 Å². The summed E-state index contributed by atoms with van der Waals surface area (Å²) in [6.07, 6.45) is 3.03. The van der Waals surface area contributed by atoms with Gasteiger partial charge in [0.05, 0.1) is 37.9 Å². The van der Waals surface area contributed by atoms with Crippen LogP contribution in [-0.4, -0.2) is 70.8 Å². The van der Waals surface area contributed by atoms with Crippen molar-refractivity contribution >= 4 is 11.8 Å². The van der Waals surface area contributed by atoms with Crippen molar-refractivity contribution in [1.82, 2.24) is 19.6 Å². The number of amides is 2. The topological polar surface area (TPSA) is 91.5 Å². The van der Waals surface area contributed by atoms with Crippen molar-refractivity contribution in [2.24, 2.45) is 5.92 Å². The lowest BCUT2D eigenvalue weighted by molar-refractivity contribution is -0.143. The lowest BCUT2D eigenvalue weighted by atomic mass is 9.94. The standard InChI is InChI=1S/C21H31N5O3/c1-16-19(17(2)26(23-16)9-3-8-22)4-5-20(27)24-10-6-18(7-11-24)21(28)25-12-14-29-15-13-25/h18H,3-7,9-15H2,1-2H3. The van der Waals surface area contributed by atoms with E-state index in [9.17, 15) is 9.59 Å². The lowest BCUT2D eigenvalue weighted by Gasteiger charge is -2.35. The van der Waals surface area contributed by atoms with E-state index >= 15 is 0 Å². The molecule has 0 unspecified atom stereocenters. The number of likely N-dealkylation sites (tertiary alicyclic amines) is 1. The van der Waals surface area contributed by atoms with Gasteiger partial charge in [-0.05, 0) is 38.7 Å². The van der Waals surface area contributed by atoms with E-state index in [1.54, 1.807) is 0 Å². The van der Waals surface area contributed by atoms with Crippen molar-refractivity contribution in [3.05, 3.63) is 17.0 Å². The fraction of sp³-hybridized carbons (Fsp3) is 0.714. The summed E-state index contributed by atoms with van der Waals surface area (Å²) >= 11 is 0. The van der Waals surface area contributed by atoms with Gasteiger partial charge in [0.2, 0.25) is 11.8 Å². The number of nitriles is 1. The molecule has 2 fully saturated rings. The molecule has 8 nitrogen and oxygen atoms in total. The molecule has 2 aliphatic rings. The van der Waals surface area contributed by atoms with Gasteiger partial charge >= 0.3 is 0 Å². The predicted molar refractivity (Wildman–Crippen MR) is 107 cm³/mol. The van der Waals surface area contributed by atoms with Crippen LogP contribution in [0.1, 0.15) is 42.6 Å².